The van der Waals surface area contributed by atoms with Gasteiger partial charge in [-0.25, -0.2) is 0 Å². The first-order valence-electron chi connectivity index (χ1n) is 4.49. The normalized spacial score (nSPS) is 12.9. The second-order valence-corrected chi connectivity index (χ2v) is 3.99. The van der Waals surface area contributed by atoms with Gasteiger partial charge in [0.05, 0.1) is 0 Å². The number of aliphatic hydroxyl groups excluding tert-OH is 1. The van der Waals surface area contributed by atoms with Crippen LogP contribution in [0.2, 0.25) is 5.02 Å². The van der Waals surface area contributed by atoms with Gasteiger partial charge >= 0.3 is 0 Å². The van der Waals surface area contributed by atoms with E-state index < -0.39 is 0 Å². The zero-order valence-corrected chi connectivity index (χ0v) is 8.80. The molecule has 1 aromatic rings. The lowest BCUT2D eigenvalue weighted by Crippen LogP contribution is -2.04. The second-order valence-electron chi connectivity index (χ2n) is 3.59. The summed E-state index contributed by atoms with van der Waals surface area (Å²) in [5.74, 6) is 0.278. The van der Waals surface area contributed by atoms with Crippen molar-refractivity contribution in [1.82, 2.24) is 0 Å². The number of rotatable bonds is 3. The zero-order chi connectivity index (χ0) is 9.84. The number of aryl methyl sites for hydroxylation is 1. The number of aliphatic hydroxyl groups is 1. The van der Waals surface area contributed by atoms with Gasteiger partial charge in [0.25, 0.3) is 0 Å². The van der Waals surface area contributed by atoms with Gasteiger partial charge in [-0.2, -0.15) is 0 Å². The van der Waals surface area contributed by atoms with Gasteiger partial charge in [-0.3, -0.25) is 0 Å². The average Bonchev–Trinajstić information content (AvgIpc) is 2.09. The lowest BCUT2D eigenvalue weighted by atomic mass is 10.0. The van der Waals surface area contributed by atoms with E-state index >= 15 is 0 Å². The second kappa shape index (κ2) is 4.64. The van der Waals surface area contributed by atoms with Crippen molar-refractivity contribution in [2.45, 2.75) is 20.3 Å². The molecule has 0 saturated heterocycles. The van der Waals surface area contributed by atoms with Gasteiger partial charge in [0, 0.05) is 11.6 Å². The molecule has 0 aromatic heterocycles. The Morgan fingerprint density at radius 3 is 2.69 bits per heavy atom. The Balaban J connectivity index is 2.77. The minimum atomic E-state index is 0.213. The van der Waals surface area contributed by atoms with E-state index in [0.717, 1.165) is 17.0 Å². The molecule has 0 fully saturated rings. The molecule has 0 aliphatic heterocycles. The van der Waals surface area contributed by atoms with E-state index in [2.05, 4.69) is 0 Å². The summed E-state index contributed by atoms with van der Waals surface area (Å²) in [4.78, 5) is 0. The summed E-state index contributed by atoms with van der Waals surface area (Å²) in [5.41, 5.74) is 2.29. The van der Waals surface area contributed by atoms with E-state index in [0.29, 0.717) is 0 Å². The van der Waals surface area contributed by atoms with Crippen LogP contribution in [-0.2, 0) is 6.42 Å². The first-order chi connectivity index (χ1) is 6.13. The van der Waals surface area contributed by atoms with Crippen molar-refractivity contribution in [3.8, 4) is 0 Å². The maximum atomic E-state index is 8.90. The SMILES string of the molecule is Cc1ccc(CC(C)CO)c(Cl)c1. The monoisotopic (exact) mass is 198 g/mol. The number of hydrogen-bond donors (Lipinski definition) is 1. The third kappa shape index (κ3) is 3.02. The molecule has 1 N–H and O–H groups in total. The molecule has 1 unspecified atom stereocenters. The van der Waals surface area contributed by atoms with E-state index in [1.54, 1.807) is 0 Å². The molecule has 1 atom stereocenters. The van der Waals surface area contributed by atoms with Crippen LogP contribution in [-0.4, -0.2) is 11.7 Å². The third-order valence-electron chi connectivity index (χ3n) is 2.09. The van der Waals surface area contributed by atoms with Crippen LogP contribution < -0.4 is 0 Å². The molecule has 0 heterocycles. The molecule has 0 aliphatic carbocycles. The molecule has 0 radical (unpaired) electrons. The summed E-state index contributed by atoms with van der Waals surface area (Å²) in [7, 11) is 0. The van der Waals surface area contributed by atoms with Gasteiger partial charge in [0.2, 0.25) is 0 Å². The molecule has 0 amide bonds. The van der Waals surface area contributed by atoms with Crippen LogP contribution in [0.5, 0.6) is 0 Å². The molecule has 0 saturated carbocycles. The largest absolute Gasteiger partial charge is 0.396 e. The van der Waals surface area contributed by atoms with E-state index in [-0.39, 0.29) is 12.5 Å². The number of benzene rings is 1. The highest BCUT2D eigenvalue weighted by Gasteiger charge is 2.05. The summed E-state index contributed by atoms with van der Waals surface area (Å²) in [6.07, 6.45) is 0.843. The number of halogens is 1. The third-order valence-corrected chi connectivity index (χ3v) is 2.44. The molecule has 0 spiro atoms. The zero-order valence-electron chi connectivity index (χ0n) is 8.05. The number of hydrogen-bond acceptors (Lipinski definition) is 1. The van der Waals surface area contributed by atoms with E-state index in [9.17, 15) is 0 Å². The maximum Gasteiger partial charge on any atom is 0.0459 e. The Hall–Kier alpha value is -0.530. The topological polar surface area (TPSA) is 20.2 Å². The minimum Gasteiger partial charge on any atom is -0.396 e. The van der Waals surface area contributed by atoms with Crippen LogP contribution in [0.1, 0.15) is 18.1 Å². The molecular formula is C11H15ClO. The highest BCUT2D eigenvalue weighted by atomic mass is 35.5. The van der Waals surface area contributed by atoms with E-state index in [1.807, 2.05) is 32.0 Å². The molecule has 1 nitrogen and oxygen atoms in total. The lowest BCUT2D eigenvalue weighted by molar-refractivity contribution is 0.237. The molecule has 1 rings (SSSR count). The predicted octanol–water partition coefficient (Wildman–Crippen LogP) is 2.82. The molecular weight excluding hydrogens is 184 g/mol. The van der Waals surface area contributed by atoms with Crippen LogP contribution in [0.4, 0.5) is 0 Å². The lowest BCUT2D eigenvalue weighted by Gasteiger charge is -2.09. The van der Waals surface area contributed by atoms with Crippen molar-refractivity contribution in [1.29, 1.82) is 0 Å². The molecule has 13 heavy (non-hydrogen) atoms. The molecule has 1 aromatic carbocycles. The fraction of sp³-hybridized carbons (Fsp3) is 0.455. The Bertz CT molecular complexity index is 283. The molecule has 72 valence electrons. The van der Waals surface area contributed by atoms with Crippen molar-refractivity contribution in [3.05, 3.63) is 34.3 Å². The van der Waals surface area contributed by atoms with Crippen molar-refractivity contribution < 1.29 is 5.11 Å². The van der Waals surface area contributed by atoms with Crippen molar-refractivity contribution >= 4 is 11.6 Å². The maximum absolute atomic E-state index is 8.90. The van der Waals surface area contributed by atoms with Gasteiger partial charge in [-0.15, -0.1) is 0 Å². The molecule has 0 aliphatic rings. The van der Waals surface area contributed by atoms with Gasteiger partial charge in [-0.1, -0.05) is 30.7 Å². The van der Waals surface area contributed by atoms with Crippen molar-refractivity contribution in [2.24, 2.45) is 5.92 Å². The van der Waals surface area contributed by atoms with Gasteiger partial charge in [0.15, 0.2) is 0 Å². The van der Waals surface area contributed by atoms with Gasteiger partial charge in [-0.05, 0) is 36.5 Å². The Morgan fingerprint density at radius 1 is 1.46 bits per heavy atom. The van der Waals surface area contributed by atoms with Crippen LogP contribution in [0.15, 0.2) is 18.2 Å². The Labute approximate surface area is 84.4 Å². The summed E-state index contributed by atoms with van der Waals surface area (Å²) in [5, 5.41) is 9.70. The Kier molecular flexibility index (Phi) is 3.76. The van der Waals surface area contributed by atoms with E-state index in [4.69, 9.17) is 16.7 Å². The predicted molar refractivity (Wildman–Crippen MR) is 56.1 cm³/mol. The first-order valence-corrected chi connectivity index (χ1v) is 4.87. The van der Waals surface area contributed by atoms with E-state index in [1.165, 1.54) is 5.56 Å². The fourth-order valence-corrected chi connectivity index (χ4v) is 1.57. The summed E-state index contributed by atoms with van der Waals surface area (Å²) in [6.45, 7) is 4.24. The highest BCUT2D eigenvalue weighted by Crippen LogP contribution is 2.20. The van der Waals surface area contributed by atoms with Crippen molar-refractivity contribution in [2.75, 3.05) is 6.61 Å². The van der Waals surface area contributed by atoms with Crippen LogP contribution in [0, 0.1) is 12.8 Å². The average molecular weight is 199 g/mol. The highest BCUT2D eigenvalue weighted by molar-refractivity contribution is 6.31. The van der Waals surface area contributed by atoms with Crippen molar-refractivity contribution in [3.63, 3.8) is 0 Å². The summed E-state index contributed by atoms with van der Waals surface area (Å²) < 4.78 is 0. The summed E-state index contributed by atoms with van der Waals surface area (Å²) in [6, 6.07) is 6.04. The smallest absolute Gasteiger partial charge is 0.0459 e. The van der Waals surface area contributed by atoms with Gasteiger partial charge in [0.1, 0.15) is 0 Å². The van der Waals surface area contributed by atoms with Gasteiger partial charge < -0.3 is 5.11 Å². The van der Waals surface area contributed by atoms with Crippen LogP contribution in [0.25, 0.3) is 0 Å². The summed E-state index contributed by atoms with van der Waals surface area (Å²) >= 11 is 6.05. The first kappa shape index (κ1) is 10.6. The minimum absolute atomic E-state index is 0.213. The quantitative estimate of drug-likeness (QED) is 0.792. The van der Waals surface area contributed by atoms with Crippen LogP contribution >= 0.6 is 11.6 Å². The Morgan fingerprint density at radius 2 is 2.15 bits per heavy atom. The molecule has 0 bridgehead atoms. The van der Waals surface area contributed by atoms with Crippen LogP contribution in [0.3, 0.4) is 0 Å². The standard InChI is InChI=1S/C11H15ClO/c1-8-3-4-10(11(12)6-8)5-9(2)7-13/h3-4,6,9,13H,5,7H2,1-2H3. The fourth-order valence-electron chi connectivity index (χ4n) is 1.26. The molecule has 2 heteroatoms.